The predicted molar refractivity (Wildman–Crippen MR) is 147 cm³/mol. The van der Waals surface area contributed by atoms with Crippen LogP contribution in [0, 0.1) is 6.92 Å². The minimum absolute atomic E-state index is 0.0800. The molecule has 0 aliphatic carbocycles. The number of aryl methyl sites for hydroxylation is 1. The number of anilines is 3. The topological polar surface area (TPSA) is 103 Å². The summed E-state index contributed by atoms with van der Waals surface area (Å²) in [6.07, 6.45) is 5.19. The first-order valence-electron chi connectivity index (χ1n) is 12.7. The zero-order valence-electron chi connectivity index (χ0n) is 21.6. The van der Waals surface area contributed by atoms with Gasteiger partial charge in [0.25, 0.3) is 5.91 Å². The van der Waals surface area contributed by atoms with Gasteiger partial charge in [0.2, 0.25) is 5.95 Å². The molecule has 0 saturated carbocycles. The van der Waals surface area contributed by atoms with E-state index < -0.39 is 0 Å². The van der Waals surface area contributed by atoms with Crippen molar-refractivity contribution < 1.29 is 14.6 Å². The standard InChI is InChI=1S/C29H31N7O2/c1-21-5-10-25(18-27(21)34-29-31-13-11-26(33-29)24-4-3-12-30-19-24)32-28(37)23-8-6-22(7-9-23)20-35-14-16-36(2,38)17-15-35/h3-13,18-19,38H,14-17,20H2,1-2H3,(H-,31,32,33,34,37)/p+1. The molecule has 1 amide bonds. The van der Waals surface area contributed by atoms with Crippen LogP contribution in [0.15, 0.2) is 79.3 Å². The molecule has 0 bridgehead atoms. The minimum atomic E-state index is -0.174. The number of hydrogen-bond donors (Lipinski definition) is 3. The molecule has 9 nitrogen and oxygen atoms in total. The summed E-state index contributed by atoms with van der Waals surface area (Å²) >= 11 is 0. The van der Waals surface area contributed by atoms with Crippen LogP contribution in [-0.4, -0.2) is 68.8 Å². The van der Waals surface area contributed by atoms with Gasteiger partial charge >= 0.3 is 0 Å². The summed E-state index contributed by atoms with van der Waals surface area (Å²) in [6.45, 7) is 5.92. The van der Waals surface area contributed by atoms with Crippen LogP contribution in [-0.2, 0) is 6.54 Å². The smallest absolute Gasteiger partial charge is 0.255 e. The monoisotopic (exact) mass is 510 g/mol. The summed E-state index contributed by atoms with van der Waals surface area (Å²) in [5.74, 6) is 0.289. The van der Waals surface area contributed by atoms with E-state index in [1.54, 1.807) is 18.6 Å². The van der Waals surface area contributed by atoms with Gasteiger partial charge in [-0.05, 0) is 60.5 Å². The Morgan fingerprint density at radius 3 is 2.58 bits per heavy atom. The van der Waals surface area contributed by atoms with Gasteiger partial charge in [0.05, 0.1) is 25.8 Å². The number of pyridine rings is 1. The first-order chi connectivity index (χ1) is 18.3. The lowest BCUT2D eigenvalue weighted by molar-refractivity contribution is -1.09. The zero-order chi connectivity index (χ0) is 26.5. The largest absolute Gasteiger partial charge is 0.324 e. The molecule has 9 heteroatoms. The van der Waals surface area contributed by atoms with E-state index in [0.29, 0.717) is 17.2 Å². The van der Waals surface area contributed by atoms with E-state index in [4.69, 9.17) is 0 Å². The maximum Gasteiger partial charge on any atom is 0.255 e. The van der Waals surface area contributed by atoms with Crippen LogP contribution in [0.2, 0.25) is 0 Å². The molecule has 3 heterocycles. The molecule has 0 spiro atoms. The summed E-state index contributed by atoms with van der Waals surface area (Å²) in [6, 6.07) is 19.1. The van der Waals surface area contributed by atoms with Crippen LogP contribution in [0.5, 0.6) is 0 Å². The molecule has 194 valence electrons. The Hall–Kier alpha value is -4.18. The average molecular weight is 511 g/mol. The fourth-order valence-electron chi connectivity index (χ4n) is 4.37. The number of rotatable bonds is 7. The lowest BCUT2D eigenvalue weighted by Gasteiger charge is -2.35. The van der Waals surface area contributed by atoms with Crippen molar-refractivity contribution in [2.75, 3.05) is 43.9 Å². The third-order valence-electron chi connectivity index (χ3n) is 6.77. The lowest BCUT2D eigenvalue weighted by Crippen LogP contribution is -2.54. The van der Waals surface area contributed by atoms with E-state index in [2.05, 4.69) is 30.5 Å². The van der Waals surface area contributed by atoms with Gasteiger partial charge in [-0.15, -0.1) is 0 Å². The van der Waals surface area contributed by atoms with Gasteiger partial charge in [-0.3, -0.25) is 14.7 Å². The molecule has 0 radical (unpaired) electrons. The van der Waals surface area contributed by atoms with Crippen molar-refractivity contribution in [2.24, 2.45) is 0 Å². The van der Waals surface area contributed by atoms with Crippen molar-refractivity contribution in [3.63, 3.8) is 0 Å². The number of quaternary nitrogens is 1. The quantitative estimate of drug-likeness (QED) is 0.315. The van der Waals surface area contributed by atoms with E-state index in [-0.39, 0.29) is 10.6 Å². The van der Waals surface area contributed by atoms with Crippen molar-refractivity contribution >= 4 is 23.2 Å². The number of carbonyl (C=O) groups excluding carboxylic acids is 1. The minimum Gasteiger partial charge on any atom is -0.324 e. The highest BCUT2D eigenvalue weighted by atomic mass is 16.5. The van der Waals surface area contributed by atoms with Crippen LogP contribution in [0.1, 0.15) is 21.5 Å². The van der Waals surface area contributed by atoms with Crippen molar-refractivity contribution in [3.8, 4) is 11.3 Å². The second-order valence-corrected chi connectivity index (χ2v) is 9.88. The molecule has 0 atom stereocenters. The third-order valence-corrected chi connectivity index (χ3v) is 6.77. The van der Waals surface area contributed by atoms with E-state index >= 15 is 0 Å². The van der Waals surface area contributed by atoms with Crippen molar-refractivity contribution in [2.45, 2.75) is 13.5 Å². The highest BCUT2D eigenvalue weighted by Gasteiger charge is 2.27. The molecule has 2 aromatic heterocycles. The van der Waals surface area contributed by atoms with E-state index in [1.165, 1.54) is 0 Å². The number of carbonyl (C=O) groups is 1. The number of nitrogens with zero attached hydrogens (tertiary/aromatic N) is 5. The summed E-state index contributed by atoms with van der Waals surface area (Å²) in [5.41, 5.74) is 5.90. The van der Waals surface area contributed by atoms with Gasteiger partial charge in [0, 0.05) is 47.6 Å². The van der Waals surface area contributed by atoms with Crippen LogP contribution >= 0.6 is 0 Å². The highest BCUT2D eigenvalue weighted by molar-refractivity contribution is 6.04. The van der Waals surface area contributed by atoms with Gasteiger partial charge in [-0.25, -0.2) is 15.2 Å². The van der Waals surface area contributed by atoms with Gasteiger partial charge in [0.15, 0.2) is 0 Å². The lowest BCUT2D eigenvalue weighted by atomic mass is 10.1. The number of nitrogens with one attached hydrogen (secondary N) is 2. The summed E-state index contributed by atoms with van der Waals surface area (Å²) in [7, 11) is 1.84. The van der Waals surface area contributed by atoms with Gasteiger partial charge in [-0.2, -0.15) is 4.65 Å². The van der Waals surface area contributed by atoms with Crippen LogP contribution in [0.4, 0.5) is 17.3 Å². The first-order valence-corrected chi connectivity index (χ1v) is 12.7. The van der Waals surface area contributed by atoms with Crippen molar-refractivity contribution in [3.05, 3.63) is 95.9 Å². The Labute approximate surface area is 222 Å². The van der Waals surface area contributed by atoms with Gasteiger partial charge in [-0.1, -0.05) is 18.2 Å². The number of benzene rings is 2. The molecule has 1 aliphatic rings. The summed E-state index contributed by atoms with van der Waals surface area (Å²) in [4.78, 5) is 28.4. The first kappa shape index (κ1) is 25.5. The number of aromatic nitrogens is 3. The van der Waals surface area contributed by atoms with Crippen molar-refractivity contribution in [1.29, 1.82) is 0 Å². The second-order valence-electron chi connectivity index (χ2n) is 9.88. The molecular weight excluding hydrogens is 478 g/mol. The number of likely N-dealkylation sites (N-methyl/N-ethyl adjacent to an activating group) is 1. The molecule has 3 N–H and O–H groups in total. The third kappa shape index (κ3) is 6.38. The molecule has 2 aromatic carbocycles. The average Bonchev–Trinajstić information content (AvgIpc) is 2.93. The Balaban J connectivity index is 1.22. The Morgan fingerprint density at radius 2 is 1.84 bits per heavy atom. The van der Waals surface area contributed by atoms with Crippen LogP contribution < -0.4 is 10.6 Å². The number of hydrogen-bond acceptors (Lipinski definition) is 7. The van der Waals surface area contributed by atoms with Crippen molar-refractivity contribution in [1.82, 2.24) is 19.9 Å². The number of piperazine rings is 1. The SMILES string of the molecule is Cc1ccc(NC(=O)c2ccc(CN3CC[N+](C)(O)CC3)cc2)cc1Nc1nccc(-c2cccnc2)n1. The molecule has 4 aromatic rings. The molecule has 1 aliphatic heterocycles. The fourth-order valence-corrected chi connectivity index (χ4v) is 4.37. The molecule has 5 rings (SSSR count). The molecule has 0 unspecified atom stereocenters. The molecule has 1 fully saturated rings. The maximum absolute atomic E-state index is 12.9. The molecule has 1 saturated heterocycles. The molecular formula is C29H32N7O2+. The van der Waals surface area contributed by atoms with Crippen LogP contribution in [0.25, 0.3) is 11.3 Å². The maximum atomic E-state index is 12.9. The summed E-state index contributed by atoms with van der Waals surface area (Å²) < 4.78 is 0.0800. The second kappa shape index (κ2) is 11.1. The highest BCUT2D eigenvalue weighted by Crippen LogP contribution is 2.25. The fraction of sp³-hybridized carbons (Fsp3) is 0.241. The molecule has 38 heavy (non-hydrogen) atoms. The Kier molecular flexibility index (Phi) is 7.41. The normalized spacial score (nSPS) is 15.1. The number of amides is 1. The van der Waals surface area contributed by atoms with E-state index in [1.807, 2.05) is 74.6 Å². The van der Waals surface area contributed by atoms with Crippen LogP contribution in [0.3, 0.4) is 0 Å². The Morgan fingerprint density at radius 1 is 1.05 bits per heavy atom. The zero-order valence-corrected chi connectivity index (χ0v) is 21.6. The Bertz CT molecular complexity index is 1400. The summed E-state index contributed by atoms with van der Waals surface area (Å²) in [5, 5.41) is 16.4. The van der Waals surface area contributed by atoms with E-state index in [0.717, 1.165) is 60.8 Å². The predicted octanol–water partition coefficient (Wildman–Crippen LogP) is 4.49. The number of hydroxylamine groups is 3. The van der Waals surface area contributed by atoms with Gasteiger partial charge in [0.1, 0.15) is 13.1 Å². The van der Waals surface area contributed by atoms with E-state index in [9.17, 15) is 10.0 Å². The van der Waals surface area contributed by atoms with Gasteiger partial charge < -0.3 is 10.6 Å².